The number of anilines is 1. The number of nitrogens with zero attached hydrogens (tertiary/aromatic N) is 2. The van der Waals surface area contributed by atoms with E-state index in [9.17, 15) is 5.26 Å². The smallest absolute Gasteiger partial charge is 0.101 e. The molecule has 3 nitrogen and oxygen atoms in total. The van der Waals surface area contributed by atoms with E-state index in [2.05, 4.69) is 48.6 Å². The molecule has 1 unspecified atom stereocenters. The summed E-state index contributed by atoms with van der Waals surface area (Å²) in [4.78, 5) is 2.23. The Labute approximate surface area is 132 Å². The molecule has 1 aromatic rings. The van der Waals surface area contributed by atoms with Gasteiger partial charge in [0.2, 0.25) is 0 Å². The quantitative estimate of drug-likeness (QED) is 0.799. The predicted molar refractivity (Wildman–Crippen MR) is 91.9 cm³/mol. The minimum Gasteiger partial charge on any atom is -0.371 e. The third kappa shape index (κ3) is 4.66. The van der Waals surface area contributed by atoms with Crippen LogP contribution in [0.25, 0.3) is 0 Å². The number of nitriles is 1. The minimum absolute atomic E-state index is 0.444. The number of thioether (sulfide) groups is 1. The fourth-order valence-corrected chi connectivity index (χ4v) is 2.94. The lowest BCUT2D eigenvalue weighted by atomic mass is 10.1. The van der Waals surface area contributed by atoms with Crippen molar-refractivity contribution in [2.75, 3.05) is 24.0 Å². The Morgan fingerprint density at radius 2 is 2.24 bits per heavy atom. The highest BCUT2D eigenvalue weighted by atomic mass is 32.2. The van der Waals surface area contributed by atoms with Crippen LogP contribution in [0.15, 0.2) is 18.2 Å². The first kappa shape index (κ1) is 16.2. The second kappa shape index (κ2) is 7.72. The molecule has 1 aromatic carbocycles. The summed E-state index contributed by atoms with van der Waals surface area (Å²) in [6, 6.07) is 9.77. The first-order valence-electron chi connectivity index (χ1n) is 7.64. The zero-order valence-electron chi connectivity index (χ0n) is 13.2. The Morgan fingerprint density at radius 3 is 2.86 bits per heavy atom. The molecule has 0 saturated heterocycles. The maximum atomic E-state index is 9.44. The fourth-order valence-electron chi connectivity index (χ4n) is 2.36. The Morgan fingerprint density at radius 1 is 1.48 bits per heavy atom. The summed E-state index contributed by atoms with van der Waals surface area (Å²) < 4.78 is 0. The van der Waals surface area contributed by atoms with Gasteiger partial charge in [-0.05, 0) is 55.9 Å². The molecule has 1 saturated carbocycles. The summed E-state index contributed by atoms with van der Waals surface area (Å²) in [5.41, 5.74) is 3.03. The molecule has 0 radical (unpaired) electrons. The van der Waals surface area contributed by atoms with Crippen LogP contribution in [0.1, 0.15) is 37.3 Å². The van der Waals surface area contributed by atoms with Crippen LogP contribution in [0.3, 0.4) is 0 Å². The molecule has 4 heteroatoms. The van der Waals surface area contributed by atoms with Gasteiger partial charge in [-0.2, -0.15) is 17.0 Å². The van der Waals surface area contributed by atoms with Gasteiger partial charge in [0, 0.05) is 25.7 Å². The van der Waals surface area contributed by atoms with Gasteiger partial charge < -0.3 is 10.2 Å². The van der Waals surface area contributed by atoms with Crippen molar-refractivity contribution in [3.8, 4) is 6.07 Å². The highest BCUT2D eigenvalue weighted by Gasteiger charge is 2.20. The summed E-state index contributed by atoms with van der Waals surface area (Å²) in [6.07, 6.45) is 5.85. The Kier molecular flexibility index (Phi) is 5.96. The monoisotopic (exact) mass is 303 g/mol. The van der Waals surface area contributed by atoms with E-state index >= 15 is 0 Å². The molecule has 0 amide bonds. The van der Waals surface area contributed by atoms with Gasteiger partial charge in [-0.1, -0.05) is 6.07 Å². The molecule has 2 rings (SSSR count). The normalized spacial score (nSPS) is 15.5. The number of benzene rings is 1. The van der Waals surface area contributed by atoms with Crippen molar-refractivity contribution in [3.63, 3.8) is 0 Å². The van der Waals surface area contributed by atoms with Crippen molar-refractivity contribution in [2.24, 2.45) is 0 Å². The van der Waals surface area contributed by atoms with Gasteiger partial charge in [0.25, 0.3) is 0 Å². The Hall–Kier alpha value is -1.18. The SMILES string of the molecule is CSCCC(C)N(C)c1ccc(CNC2CC2)cc1C#N. The molecule has 1 N–H and O–H groups in total. The Bertz CT molecular complexity index is 505. The minimum atomic E-state index is 0.444. The number of rotatable bonds is 8. The molecular formula is C17H25N3S. The van der Waals surface area contributed by atoms with Crippen molar-refractivity contribution < 1.29 is 0 Å². The van der Waals surface area contributed by atoms with Crippen LogP contribution >= 0.6 is 11.8 Å². The van der Waals surface area contributed by atoms with Gasteiger partial charge in [0.1, 0.15) is 6.07 Å². The summed E-state index contributed by atoms with van der Waals surface area (Å²) in [5.74, 6) is 1.15. The molecule has 0 aromatic heterocycles. The van der Waals surface area contributed by atoms with Crippen LogP contribution in [0, 0.1) is 11.3 Å². The maximum absolute atomic E-state index is 9.44. The van der Waals surface area contributed by atoms with Crippen LogP contribution in [-0.2, 0) is 6.54 Å². The number of nitrogens with one attached hydrogen (secondary N) is 1. The van der Waals surface area contributed by atoms with Gasteiger partial charge in [-0.25, -0.2) is 0 Å². The third-order valence-electron chi connectivity index (χ3n) is 4.13. The van der Waals surface area contributed by atoms with Crippen LogP contribution in [0.4, 0.5) is 5.69 Å². The second-order valence-electron chi connectivity index (χ2n) is 5.86. The number of hydrogen-bond acceptors (Lipinski definition) is 4. The largest absolute Gasteiger partial charge is 0.371 e. The maximum Gasteiger partial charge on any atom is 0.101 e. The molecule has 1 aliphatic rings. The summed E-state index contributed by atoms with van der Waals surface area (Å²) >= 11 is 1.87. The first-order valence-corrected chi connectivity index (χ1v) is 9.03. The molecule has 0 aliphatic heterocycles. The van der Waals surface area contributed by atoms with E-state index in [1.54, 1.807) is 0 Å². The van der Waals surface area contributed by atoms with Gasteiger partial charge in [0.05, 0.1) is 11.3 Å². The summed E-state index contributed by atoms with van der Waals surface area (Å²) in [5, 5.41) is 12.9. The van der Waals surface area contributed by atoms with E-state index in [0.29, 0.717) is 12.1 Å². The Balaban J connectivity index is 2.05. The van der Waals surface area contributed by atoms with E-state index in [-0.39, 0.29) is 0 Å². The molecule has 1 fully saturated rings. The zero-order valence-corrected chi connectivity index (χ0v) is 14.0. The van der Waals surface area contributed by atoms with Crippen LogP contribution < -0.4 is 10.2 Å². The summed E-state index contributed by atoms with van der Waals surface area (Å²) in [7, 11) is 2.09. The van der Waals surface area contributed by atoms with Gasteiger partial charge in [0.15, 0.2) is 0 Å². The lowest BCUT2D eigenvalue weighted by Gasteiger charge is -2.28. The van der Waals surface area contributed by atoms with Crippen LogP contribution in [0.2, 0.25) is 0 Å². The van der Waals surface area contributed by atoms with Gasteiger partial charge >= 0.3 is 0 Å². The standard InChI is InChI=1S/C17H25N3S/c1-13(8-9-21-3)20(2)17-7-4-14(10-15(17)11-18)12-19-16-5-6-16/h4,7,10,13,16,19H,5-6,8-9,12H2,1-3H3. The highest BCUT2D eigenvalue weighted by molar-refractivity contribution is 7.98. The zero-order chi connectivity index (χ0) is 15.2. The van der Waals surface area contributed by atoms with E-state index in [1.165, 1.54) is 18.4 Å². The van der Waals surface area contributed by atoms with E-state index < -0.39 is 0 Å². The average molecular weight is 303 g/mol. The first-order chi connectivity index (χ1) is 10.2. The predicted octanol–water partition coefficient (Wildman–Crippen LogP) is 3.39. The van der Waals surface area contributed by atoms with E-state index in [4.69, 9.17) is 0 Å². The average Bonchev–Trinajstić information content (AvgIpc) is 3.33. The molecule has 1 atom stereocenters. The van der Waals surface area contributed by atoms with Gasteiger partial charge in [-0.3, -0.25) is 0 Å². The molecule has 0 spiro atoms. The van der Waals surface area contributed by atoms with Crippen molar-refractivity contribution in [2.45, 2.75) is 44.8 Å². The molecular weight excluding hydrogens is 278 g/mol. The number of hydrogen-bond donors (Lipinski definition) is 1. The van der Waals surface area contributed by atoms with Gasteiger partial charge in [-0.15, -0.1) is 0 Å². The third-order valence-corrected chi connectivity index (χ3v) is 4.78. The second-order valence-corrected chi connectivity index (χ2v) is 6.85. The van der Waals surface area contributed by atoms with Crippen LogP contribution in [0.5, 0.6) is 0 Å². The molecule has 1 aliphatic carbocycles. The molecule has 114 valence electrons. The lowest BCUT2D eigenvalue weighted by molar-refractivity contribution is 0.667. The van der Waals surface area contributed by atoms with Crippen molar-refractivity contribution >= 4 is 17.4 Å². The van der Waals surface area contributed by atoms with Crippen LogP contribution in [-0.4, -0.2) is 31.1 Å². The topological polar surface area (TPSA) is 39.1 Å². The highest BCUT2D eigenvalue weighted by Crippen LogP contribution is 2.24. The van der Waals surface area contributed by atoms with Crippen molar-refractivity contribution in [1.29, 1.82) is 5.26 Å². The fraction of sp³-hybridized carbons (Fsp3) is 0.588. The molecule has 21 heavy (non-hydrogen) atoms. The summed E-state index contributed by atoms with van der Waals surface area (Å²) in [6.45, 7) is 3.09. The lowest BCUT2D eigenvalue weighted by Crippen LogP contribution is -2.30. The van der Waals surface area contributed by atoms with E-state index in [1.807, 2.05) is 17.8 Å². The van der Waals surface area contributed by atoms with Crippen molar-refractivity contribution in [3.05, 3.63) is 29.3 Å². The molecule has 0 bridgehead atoms. The van der Waals surface area contributed by atoms with E-state index in [0.717, 1.165) is 30.0 Å². The van der Waals surface area contributed by atoms with Crippen molar-refractivity contribution in [1.82, 2.24) is 5.32 Å². The molecule has 0 heterocycles.